The van der Waals surface area contributed by atoms with Gasteiger partial charge in [0.05, 0.1) is 5.56 Å². The number of fused-ring (bicyclic) bond motifs is 6. The van der Waals surface area contributed by atoms with Gasteiger partial charge < -0.3 is 25.5 Å². The first-order valence-corrected chi connectivity index (χ1v) is 18.1. The topological polar surface area (TPSA) is 101 Å². The van der Waals surface area contributed by atoms with E-state index in [-0.39, 0.29) is 5.56 Å². The number of rotatable bonds is 4. The Balaban J connectivity index is 1.20. The fourth-order valence-corrected chi connectivity index (χ4v) is 8.46. The smallest absolute Gasteiger partial charge is 0.208 e. The molecule has 55 heavy (non-hydrogen) atoms. The first-order chi connectivity index (χ1) is 26.9. The van der Waals surface area contributed by atoms with E-state index in [4.69, 9.17) is 0 Å². The van der Waals surface area contributed by atoms with E-state index >= 15 is 0 Å². The molecule has 5 N–H and O–H groups in total. The Labute approximate surface area is 315 Å². The van der Waals surface area contributed by atoms with E-state index < -0.39 is 28.7 Å². The maximum Gasteiger partial charge on any atom is 0.208 e. The van der Waals surface area contributed by atoms with Crippen molar-refractivity contribution in [3.8, 4) is 73.3 Å². The highest BCUT2D eigenvalue weighted by Crippen LogP contribution is 2.57. The second-order valence-corrected chi connectivity index (χ2v) is 14.0. The summed E-state index contributed by atoms with van der Waals surface area (Å²) in [5.74, 6) is -4.28. The highest BCUT2D eigenvalue weighted by Gasteiger charge is 2.28. The molecule has 0 atom stereocenters. The second kappa shape index (κ2) is 12.3. The highest BCUT2D eigenvalue weighted by atomic mass is 16.4. The predicted molar refractivity (Wildman–Crippen MR) is 224 cm³/mol. The van der Waals surface area contributed by atoms with Crippen LogP contribution in [0.15, 0.2) is 164 Å². The maximum absolute atomic E-state index is 11.1. The zero-order chi connectivity index (χ0) is 37.4. The summed E-state index contributed by atoms with van der Waals surface area (Å²) in [4.78, 5) is 0. The number of hydrogen-bond acceptors (Lipinski definition) is 5. The van der Waals surface area contributed by atoms with Crippen LogP contribution in [0.25, 0.3) is 98.4 Å². The van der Waals surface area contributed by atoms with Crippen molar-refractivity contribution in [1.29, 1.82) is 0 Å². The van der Waals surface area contributed by atoms with Gasteiger partial charge in [-0.2, -0.15) is 0 Å². The van der Waals surface area contributed by atoms with Gasteiger partial charge in [-0.3, -0.25) is 0 Å². The van der Waals surface area contributed by atoms with Crippen LogP contribution in [0.3, 0.4) is 0 Å². The predicted octanol–water partition coefficient (Wildman–Crippen LogP) is 12.6. The zero-order valence-electron chi connectivity index (χ0n) is 29.3. The third kappa shape index (κ3) is 4.87. The largest absolute Gasteiger partial charge is 0.504 e. The molecule has 0 saturated carbocycles. The maximum atomic E-state index is 11.1. The van der Waals surface area contributed by atoms with Crippen molar-refractivity contribution in [2.75, 3.05) is 0 Å². The fraction of sp³-hybridized carbons (Fsp3) is 0. The Bertz CT molecular complexity index is 3130. The Morgan fingerprint density at radius 2 is 0.727 bits per heavy atom. The minimum atomic E-state index is -0.993. The van der Waals surface area contributed by atoms with Gasteiger partial charge in [-0.15, -0.1) is 0 Å². The van der Waals surface area contributed by atoms with Crippen molar-refractivity contribution in [3.63, 3.8) is 0 Å². The lowest BCUT2D eigenvalue weighted by Crippen LogP contribution is -1.93. The molecule has 0 aromatic heterocycles. The van der Waals surface area contributed by atoms with Crippen LogP contribution >= 0.6 is 0 Å². The van der Waals surface area contributed by atoms with E-state index in [2.05, 4.69) is 115 Å². The van der Waals surface area contributed by atoms with Crippen molar-refractivity contribution in [3.05, 3.63) is 164 Å². The number of phenols is 5. The molecule has 10 aromatic rings. The highest BCUT2D eigenvalue weighted by molar-refractivity contribution is 6.23. The molecular weight excluding hydrogens is 681 g/mol. The minimum Gasteiger partial charge on any atom is -0.504 e. The fourth-order valence-electron chi connectivity index (χ4n) is 8.46. The Kier molecular flexibility index (Phi) is 7.19. The third-order valence-electron chi connectivity index (χ3n) is 11.0. The molecule has 0 bridgehead atoms. The minimum absolute atomic E-state index is 0.174. The van der Waals surface area contributed by atoms with Gasteiger partial charge in [0.25, 0.3) is 0 Å². The van der Waals surface area contributed by atoms with Gasteiger partial charge in [0.2, 0.25) is 17.2 Å². The summed E-state index contributed by atoms with van der Waals surface area (Å²) >= 11 is 0. The summed E-state index contributed by atoms with van der Waals surface area (Å²) in [6.07, 6.45) is 0. The molecule has 10 aromatic carbocycles. The van der Waals surface area contributed by atoms with Crippen LogP contribution in [0.1, 0.15) is 0 Å². The zero-order valence-corrected chi connectivity index (χ0v) is 29.3. The summed E-state index contributed by atoms with van der Waals surface area (Å²) in [5, 5.41) is 63.6. The first-order valence-electron chi connectivity index (χ1n) is 18.1. The molecule has 0 aliphatic heterocycles. The number of benzene rings is 10. The van der Waals surface area contributed by atoms with Crippen molar-refractivity contribution >= 4 is 53.9 Å². The van der Waals surface area contributed by atoms with E-state index in [1.54, 1.807) is 0 Å². The van der Waals surface area contributed by atoms with Crippen LogP contribution < -0.4 is 0 Å². The van der Waals surface area contributed by atoms with Crippen LogP contribution in [0, 0.1) is 0 Å². The second-order valence-electron chi connectivity index (χ2n) is 14.0. The van der Waals surface area contributed by atoms with Crippen molar-refractivity contribution in [2.45, 2.75) is 0 Å². The van der Waals surface area contributed by atoms with Crippen molar-refractivity contribution in [2.24, 2.45) is 0 Å². The van der Waals surface area contributed by atoms with Gasteiger partial charge in [-0.1, -0.05) is 146 Å². The normalized spacial score (nSPS) is 11.6. The van der Waals surface area contributed by atoms with Crippen LogP contribution in [-0.4, -0.2) is 25.5 Å². The molecule has 0 amide bonds. The van der Waals surface area contributed by atoms with Crippen molar-refractivity contribution < 1.29 is 25.5 Å². The van der Waals surface area contributed by atoms with E-state index in [1.165, 1.54) is 27.1 Å². The lowest BCUT2D eigenvalue weighted by atomic mass is 9.84. The number of phenolic OH excluding ortho intramolecular Hbond substituents is 5. The summed E-state index contributed by atoms with van der Waals surface area (Å²) in [5.41, 5.74) is 6.68. The molecule has 0 unspecified atom stereocenters. The molecule has 0 radical (unpaired) electrons. The van der Waals surface area contributed by atoms with Gasteiger partial charge >= 0.3 is 0 Å². The average molecular weight is 713 g/mol. The van der Waals surface area contributed by atoms with Crippen LogP contribution in [-0.2, 0) is 0 Å². The van der Waals surface area contributed by atoms with E-state index in [0.717, 1.165) is 49.4 Å². The molecule has 5 nitrogen and oxygen atoms in total. The first kappa shape index (κ1) is 32.2. The van der Waals surface area contributed by atoms with E-state index in [9.17, 15) is 25.5 Å². The summed E-state index contributed by atoms with van der Waals surface area (Å²) in [6.45, 7) is 0. The van der Waals surface area contributed by atoms with Gasteiger partial charge in [0, 0.05) is 5.56 Å². The summed E-state index contributed by atoms with van der Waals surface area (Å²) in [6, 6.07) is 56.4. The molecule has 5 heteroatoms. The lowest BCUT2D eigenvalue weighted by molar-refractivity contribution is 0.330. The Morgan fingerprint density at radius 3 is 1.38 bits per heavy atom. The molecular formula is C50H32O5. The van der Waals surface area contributed by atoms with Crippen molar-refractivity contribution in [1.82, 2.24) is 0 Å². The average Bonchev–Trinajstić information content (AvgIpc) is 3.24. The molecule has 262 valence electrons. The number of hydrogen-bond donors (Lipinski definition) is 5. The monoisotopic (exact) mass is 712 g/mol. The molecule has 0 heterocycles. The van der Waals surface area contributed by atoms with Crippen LogP contribution in [0.5, 0.6) is 28.7 Å². The molecule has 0 aliphatic rings. The van der Waals surface area contributed by atoms with E-state index in [1.807, 2.05) is 48.5 Å². The standard InChI is InChI=1S/C50H32O5/c51-46-45(47(52)49(54)50(55)48(46)53)44-39-20-7-5-18-37(39)43(38-19-6-8-21-40(38)44)32-24-23-28-12-10-22-34(41(28)27-32)29-13-9-14-30(25-29)42-26-31-11-1-2-15-33(31)35-16-3-4-17-36(35)42/h1-27,51-55H. The SMILES string of the molecule is Oc1c(O)c(O)c(-c2c3ccccc3c(-c3ccc4cccc(-c5cccc(-c6cc7ccccc7c7ccccc67)c5)c4c3)c3ccccc23)c(O)c1O. The van der Waals surface area contributed by atoms with Gasteiger partial charge in [0.1, 0.15) is 0 Å². The molecule has 0 aliphatic carbocycles. The molecule has 0 fully saturated rings. The van der Waals surface area contributed by atoms with Crippen LogP contribution in [0.2, 0.25) is 0 Å². The van der Waals surface area contributed by atoms with Gasteiger partial charge in [-0.05, 0) is 105 Å². The quantitative estimate of drug-likeness (QED) is 0.0541. The van der Waals surface area contributed by atoms with Gasteiger partial charge in [-0.25, -0.2) is 0 Å². The lowest BCUT2D eigenvalue weighted by Gasteiger charge is -2.20. The summed E-state index contributed by atoms with van der Waals surface area (Å²) in [7, 11) is 0. The molecule has 0 saturated heterocycles. The van der Waals surface area contributed by atoms with Crippen LogP contribution in [0.4, 0.5) is 0 Å². The van der Waals surface area contributed by atoms with E-state index in [0.29, 0.717) is 16.3 Å². The molecule has 10 rings (SSSR count). The molecule has 0 spiro atoms. The summed E-state index contributed by atoms with van der Waals surface area (Å²) < 4.78 is 0. The Hall–Kier alpha value is -7.50. The third-order valence-corrected chi connectivity index (χ3v) is 11.0. The number of aromatic hydroxyl groups is 5. The van der Waals surface area contributed by atoms with Gasteiger partial charge in [0.15, 0.2) is 11.5 Å². The Morgan fingerprint density at radius 1 is 0.236 bits per heavy atom.